The number of benzene rings is 2. The number of hydrogen-bond acceptors (Lipinski definition) is 5. The largest absolute Gasteiger partial charge is 0.369 e. The van der Waals surface area contributed by atoms with Crippen LogP contribution in [0.4, 0.5) is 5.69 Å². The molecule has 0 amide bonds. The molecule has 1 saturated heterocycles. The number of para-hydroxylation sites is 1. The van der Waals surface area contributed by atoms with Crippen LogP contribution < -0.4 is 4.90 Å². The molecule has 0 saturated carbocycles. The van der Waals surface area contributed by atoms with Crippen molar-refractivity contribution in [3.8, 4) is 10.7 Å². The van der Waals surface area contributed by atoms with Gasteiger partial charge in [0.05, 0.1) is 21.4 Å². The van der Waals surface area contributed by atoms with E-state index in [9.17, 15) is 0 Å². The van der Waals surface area contributed by atoms with Gasteiger partial charge in [0.15, 0.2) is 0 Å². The summed E-state index contributed by atoms with van der Waals surface area (Å²) < 4.78 is 1.22. The van der Waals surface area contributed by atoms with Gasteiger partial charge in [0.2, 0.25) is 0 Å². The maximum atomic E-state index is 4.88. The van der Waals surface area contributed by atoms with Crippen LogP contribution in [0.15, 0.2) is 54.6 Å². The molecule has 130 valence electrons. The average Bonchev–Trinajstić information content (AvgIpc) is 3.11. The molecular weight excluding hydrogens is 340 g/mol. The SMILES string of the molecule is CN1CCN(c2ccc3sc(-c4ccc5ccccc5n4)nc3c2)CC1. The van der Waals surface area contributed by atoms with E-state index in [1.165, 1.54) is 10.4 Å². The minimum atomic E-state index is 0.950. The van der Waals surface area contributed by atoms with Crippen molar-refractivity contribution in [3.63, 3.8) is 0 Å². The molecule has 5 rings (SSSR count). The van der Waals surface area contributed by atoms with E-state index >= 15 is 0 Å². The van der Waals surface area contributed by atoms with Crippen molar-refractivity contribution in [2.75, 3.05) is 38.1 Å². The number of fused-ring (bicyclic) bond motifs is 2. The summed E-state index contributed by atoms with van der Waals surface area (Å²) in [5.74, 6) is 0. The van der Waals surface area contributed by atoms with Gasteiger partial charge in [-0.25, -0.2) is 9.97 Å². The molecule has 1 aliphatic heterocycles. The fraction of sp³-hybridized carbons (Fsp3) is 0.238. The molecule has 5 heteroatoms. The molecule has 1 fully saturated rings. The van der Waals surface area contributed by atoms with E-state index in [-0.39, 0.29) is 0 Å². The van der Waals surface area contributed by atoms with Crippen LogP contribution in [0.2, 0.25) is 0 Å². The number of rotatable bonds is 2. The predicted molar refractivity (Wildman–Crippen MR) is 110 cm³/mol. The third kappa shape index (κ3) is 2.83. The first kappa shape index (κ1) is 15.7. The van der Waals surface area contributed by atoms with E-state index < -0.39 is 0 Å². The number of anilines is 1. The molecule has 2 aromatic carbocycles. The van der Waals surface area contributed by atoms with Crippen molar-refractivity contribution >= 4 is 38.1 Å². The molecule has 0 spiro atoms. The van der Waals surface area contributed by atoms with Gasteiger partial charge in [0.1, 0.15) is 5.01 Å². The summed E-state index contributed by atoms with van der Waals surface area (Å²) >= 11 is 1.71. The van der Waals surface area contributed by atoms with Crippen LogP contribution in [0.25, 0.3) is 31.8 Å². The van der Waals surface area contributed by atoms with E-state index in [0.29, 0.717) is 0 Å². The Hall–Kier alpha value is -2.50. The number of thiazole rings is 1. The van der Waals surface area contributed by atoms with Gasteiger partial charge in [-0.2, -0.15) is 0 Å². The van der Waals surface area contributed by atoms with Crippen LogP contribution in [-0.2, 0) is 0 Å². The second kappa shape index (κ2) is 6.34. The minimum Gasteiger partial charge on any atom is -0.369 e. The highest BCUT2D eigenvalue weighted by Gasteiger charge is 2.16. The van der Waals surface area contributed by atoms with Crippen LogP contribution in [-0.4, -0.2) is 48.1 Å². The fourth-order valence-electron chi connectivity index (χ4n) is 3.47. The van der Waals surface area contributed by atoms with Crippen molar-refractivity contribution in [1.29, 1.82) is 0 Å². The number of piperazine rings is 1. The minimum absolute atomic E-state index is 0.950. The van der Waals surface area contributed by atoms with Crippen LogP contribution in [0.1, 0.15) is 0 Å². The first-order chi connectivity index (χ1) is 12.8. The first-order valence-electron chi connectivity index (χ1n) is 8.96. The third-order valence-electron chi connectivity index (χ3n) is 5.06. The smallest absolute Gasteiger partial charge is 0.143 e. The highest BCUT2D eigenvalue weighted by Crippen LogP contribution is 2.32. The summed E-state index contributed by atoms with van der Waals surface area (Å²) in [6, 6.07) is 19.1. The maximum Gasteiger partial charge on any atom is 0.143 e. The van der Waals surface area contributed by atoms with Gasteiger partial charge in [-0.3, -0.25) is 0 Å². The lowest BCUT2D eigenvalue weighted by Crippen LogP contribution is -2.44. The van der Waals surface area contributed by atoms with E-state index in [2.05, 4.69) is 59.3 Å². The van der Waals surface area contributed by atoms with E-state index in [0.717, 1.165) is 53.3 Å². The molecule has 1 aliphatic rings. The molecule has 0 unspecified atom stereocenters. The highest BCUT2D eigenvalue weighted by molar-refractivity contribution is 7.21. The second-order valence-corrected chi connectivity index (χ2v) is 7.88. The zero-order valence-electron chi connectivity index (χ0n) is 14.7. The van der Waals surface area contributed by atoms with Crippen LogP contribution in [0.5, 0.6) is 0 Å². The standard InChI is InChI=1S/C21H20N4S/c1-24-10-12-25(13-11-24)16-7-9-20-19(14-16)23-21(26-20)18-8-6-15-4-2-3-5-17(15)22-18/h2-9,14H,10-13H2,1H3. The Morgan fingerprint density at radius 2 is 1.69 bits per heavy atom. The van der Waals surface area contributed by atoms with Crippen molar-refractivity contribution in [1.82, 2.24) is 14.9 Å². The Balaban J connectivity index is 1.50. The Morgan fingerprint density at radius 1 is 0.846 bits per heavy atom. The number of hydrogen-bond donors (Lipinski definition) is 0. The monoisotopic (exact) mass is 360 g/mol. The first-order valence-corrected chi connectivity index (χ1v) is 9.78. The Kier molecular flexibility index (Phi) is 3.84. The number of likely N-dealkylation sites (N-methyl/N-ethyl adjacent to an activating group) is 1. The summed E-state index contributed by atoms with van der Waals surface area (Å²) in [5.41, 5.74) is 4.30. The van der Waals surface area contributed by atoms with Crippen molar-refractivity contribution in [3.05, 3.63) is 54.6 Å². The molecule has 2 aromatic heterocycles. The molecule has 0 aliphatic carbocycles. The molecule has 0 radical (unpaired) electrons. The Labute approximate surface area is 156 Å². The highest BCUT2D eigenvalue weighted by atomic mass is 32.1. The zero-order valence-corrected chi connectivity index (χ0v) is 15.5. The molecule has 0 atom stereocenters. The van der Waals surface area contributed by atoms with E-state index in [1.807, 2.05) is 12.1 Å². The lowest BCUT2D eigenvalue weighted by Gasteiger charge is -2.34. The van der Waals surface area contributed by atoms with Crippen molar-refractivity contribution in [2.45, 2.75) is 0 Å². The van der Waals surface area contributed by atoms with Crippen LogP contribution >= 0.6 is 11.3 Å². The van der Waals surface area contributed by atoms with Gasteiger partial charge in [-0.05, 0) is 37.4 Å². The third-order valence-corrected chi connectivity index (χ3v) is 6.12. The summed E-state index contributed by atoms with van der Waals surface area (Å²) in [6.45, 7) is 4.37. The van der Waals surface area contributed by atoms with Gasteiger partial charge >= 0.3 is 0 Å². The normalized spacial score (nSPS) is 15.8. The van der Waals surface area contributed by atoms with Crippen LogP contribution in [0, 0.1) is 0 Å². The molecule has 4 nitrogen and oxygen atoms in total. The lowest BCUT2D eigenvalue weighted by atomic mass is 10.2. The fourth-order valence-corrected chi connectivity index (χ4v) is 4.39. The van der Waals surface area contributed by atoms with Crippen molar-refractivity contribution in [2.24, 2.45) is 0 Å². The number of pyridine rings is 1. The zero-order chi connectivity index (χ0) is 17.5. The molecule has 0 bridgehead atoms. The number of nitrogens with zero attached hydrogens (tertiary/aromatic N) is 4. The van der Waals surface area contributed by atoms with Gasteiger partial charge in [0.25, 0.3) is 0 Å². The molecule has 26 heavy (non-hydrogen) atoms. The lowest BCUT2D eigenvalue weighted by molar-refractivity contribution is 0.313. The Morgan fingerprint density at radius 3 is 2.58 bits per heavy atom. The summed E-state index contributed by atoms with van der Waals surface area (Å²) in [5, 5.41) is 2.15. The summed E-state index contributed by atoms with van der Waals surface area (Å²) in [7, 11) is 2.18. The number of aromatic nitrogens is 2. The molecule has 0 N–H and O–H groups in total. The van der Waals surface area contributed by atoms with E-state index in [4.69, 9.17) is 9.97 Å². The summed E-state index contributed by atoms with van der Waals surface area (Å²) in [6.07, 6.45) is 0. The molecular formula is C21H20N4S. The predicted octanol–water partition coefficient (Wildman–Crippen LogP) is 4.26. The average molecular weight is 360 g/mol. The van der Waals surface area contributed by atoms with Gasteiger partial charge in [-0.1, -0.05) is 24.3 Å². The molecule has 4 aromatic rings. The quantitative estimate of drug-likeness (QED) is 0.535. The van der Waals surface area contributed by atoms with Gasteiger partial charge < -0.3 is 9.80 Å². The second-order valence-electron chi connectivity index (χ2n) is 6.85. The summed E-state index contributed by atoms with van der Waals surface area (Å²) in [4.78, 5) is 14.5. The Bertz CT molecular complexity index is 1080. The van der Waals surface area contributed by atoms with Crippen LogP contribution in [0.3, 0.4) is 0 Å². The van der Waals surface area contributed by atoms with Gasteiger partial charge in [-0.15, -0.1) is 11.3 Å². The topological polar surface area (TPSA) is 32.3 Å². The maximum absolute atomic E-state index is 4.88. The van der Waals surface area contributed by atoms with Gasteiger partial charge in [0, 0.05) is 37.3 Å². The van der Waals surface area contributed by atoms with Crippen molar-refractivity contribution < 1.29 is 0 Å². The van der Waals surface area contributed by atoms with E-state index in [1.54, 1.807) is 11.3 Å². The molecule has 3 heterocycles.